The van der Waals surface area contributed by atoms with Gasteiger partial charge in [-0.05, 0) is 12.1 Å². The molecule has 1 N–H and O–H groups in total. The van der Waals surface area contributed by atoms with Gasteiger partial charge in [0.2, 0.25) is 5.82 Å². The van der Waals surface area contributed by atoms with Crippen molar-refractivity contribution in [3.05, 3.63) is 28.5 Å². The van der Waals surface area contributed by atoms with Crippen LogP contribution in [0, 0.1) is 0 Å². The van der Waals surface area contributed by atoms with E-state index in [1.165, 1.54) is 14.2 Å². The van der Waals surface area contributed by atoms with Crippen LogP contribution in [0.4, 0.5) is 0 Å². The van der Waals surface area contributed by atoms with E-state index in [-0.39, 0.29) is 11.7 Å². The molecule has 0 saturated heterocycles. The number of ether oxygens (including phenoxy) is 1. The largest absolute Gasteiger partial charge is 0.463 e. The van der Waals surface area contributed by atoms with Gasteiger partial charge in [-0.1, -0.05) is 11.6 Å². The zero-order chi connectivity index (χ0) is 14.2. The van der Waals surface area contributed by atoms with Crippen molar-refractivity contribution >= 4 is 34.5 Å². The molecule has 1 aromatic heterocycles. The first-order valence-electron chi connectivity index (χ1n) is 5.46. The van der Waals surface area contributed by atoms with E-state index in [2.05, 4.69) is 15.0 Å². The summed E-state index contributed by atoms with van der Waals surface area (Å²) in [6.45, 7) is 0. The summed E-state index contributed by atoms with van der Waals surface area (Å²) in [5.41, 5.74) is 1.47. The van der Waals surface area contributed by atoms with Gasteiger partial charge in [0.15, 0.2) is 0 Å². The van der Waals surface area contributed by atoms with Gasteiger partial charge in [0.25, 0.3) is 5.91 Å². The molecule has 1 amide bonds. The maximum atomic E-state index is 11.6. The van der Waals surface area contributed by atoms with Crippen LogP contribution >= 0.6 is 11.6 Å². The van der Waals surface area contributed by atoms with Crippen LogP contribution in [-0.2, 0) is 11.8 Å². The molecule has 0 fully saturated rings. The third-order valence-corrected chi connectivity index (χ3v) is 3.12. The highest BCUT2D eigenvalue weighted by atomic mass is 35.5. The van der Waals surface area contributed by atoms with Crippen molar-refractivity contribution in [1.29, 1.82) is 0 Å². The molecule has 1 aromatic carbocycles. The Morgan fingerprint density at radius 3 is 2.68 bits per heavy atom. The van der Waals surface area contributed by atoms with Crippen molar-refractivity contribution in [3.63, 3.8) is 0 Å². The summed E-state index contributed by atoms with van der Waals surface area (Å²) in [5.74, 6) is -0.698. The first-order valence-corrected chi connectivity index (χ1v) is 5.83. The van der Waals surface area contributed by atoms with Gasteiger partial charge < -0.3 is 14.6 Å². The molecular weight excluding hydrogens is 270 g/mol. The number of aromatic nitrogens is 2. The van der Waals surface area contributed by atoms with Crippen molar-refractivity contribution in [1.82, 2.24) is 14.9 Å². The predicted molar refractivity (Wildman–Crippen MR) is 70.5 cm³/mol. The lowest BCUT2D eigenvalue weighted by atomic mass is 10.2. The zero-order valence-corrected chi connectivity index (χ0v) is 11.4. The molecule has 0 unspecified atom stereocenters. The maximum absolute atomic E-state index is 11.6. The summed E-state index contributed by atoms with van der Waals surface area (Å²) in [6, 6.07) is 3.14. The first kappa shape index (κ1) is 13.4. The second kappa shape index (κ2) is 4.89. The van der Waals surface area contributed by atoms with E-state index in [0.29, 0.717) is 21.6 Å². The number of amides is 1. The summed E-state index contributed by atoms with van der Waals surface area (Å²) in [5, 5.41) is 2.79. The number of nitrogens with one attached hydrogen (secondary N) is 1. The normalized spacial score (nSPS) is 10.5. The quantitative estimate of drug-likeness (QED) is 0.844. The molecule has 0 radical (unpaired) electrons. The van der Waals surface area contributed by atoms with E-state index in [4.69, 9.17) is 11.6 Å². The third kappa shape index (κ3) is 2.15. The van der Waals surface area contributed by atoms with Gasteiger partial charge in [0.05, 0.1) is 28.7 Å². The minimum Gasteiger partial charge on any atom is -0.463 e. The fourth-order valence-electron chi connectivity index (χ4n) is 1.80. The molecule has 1 heterocycles. The minimum absolute atomic E-state index is 0.155. The van der Waals surface area contributed by atoms with Gasteiger partial charge in [-0.15, -0.1) is 0 Å². The highest BCUT2D eigenvalue weighted by Gasteiger charge is 2.18. The Kier molecular flexibility index (Phi) is 3.44. The van der Waals surface area contributed by atoms with Gasteiger partial charge in [0.1, 0.15) is 0 Å². The van der Waals surface area contributed by atoms with Crippen LogP contribution in [-0.4, -0.2) is 35.6 Å². The molecule has 7 heteroatoms. The van der Waals surface area contributed by atoms with Crippen LogP contribution in [0.5, 0.6) is 0 Å². The monoisotopic (exact) mass is 281 g/mol. The highest BCUT2D eigenvalue weighted by Crippen LogP contribution is 2.24. The van der Waals surface area contributed by atoms with Crippen molar-refractivity contribution < 1.29 is 14.3 Å². The van der Waals surface area contributed by atoms with Crippen molar-refractivity contribution in [3.8, 4) is 0 Å². The second-order valence-corrected chi connectivity index (χ2v) is 4.29. The van der Waals surface area contributed by atoms with Crippen molar-refractivity contribution in [2.45, 2.75) is 0 Å². The summed E-state index contributed by atoms with van der Waals surface area (Å²) in [4.78, 5) is 27.3. The van der Waals surface area contributed by atoms with E-state index < -0.39 is 5.97 Å². The molecule has 0 spiro atoms. The van der Waals surface area contributed by atoms with E-state index in [1.807, 2.05) is 0 Å². The minimum atomic E-state index is -0.545. The third-order valence-electron chi connectivity index (χ3n) is 2.81. The number of hydrogen-bond donors (Lipinski definition) is 1. The number of aryl methyl sites for hydroxylation is 1. The summed E-state index contributed by atoms with van der Waals surface area (Å²) >= 11 is 6.05. The first-order chi connectivity index (χ1) is 8.99. The zero-order valence-electron chi connectivity index (χ0n) is 10.7. The molecule has 0 atom stereocenters. The molecule has 0 aliphatic heterocycles. The summed E-state index contributed by atoms with van der Waals surface area (Å²) < 4.78 is 6.21. The molecule has 19 heavy (non-hydrogen) atoms. The number of fused-ring (bicyclic) bond motifs is 1. The average molecular weight is 282 g/mol. The number of halogens is 1. The molecular formula is C12H12ClN3O3. The maximum Gasteiger partial charge on any atom is 0.374 e. The lowest BCUT2D eigenvalue weighted by molar-refractivity contribution is 0.0583. The topological polar surface area (TPSA) is 73.2 Å². The number of rotatable bonds is 2. The SMILES string of the molecule is CNC(=O)c1cc2nc(C(=O)OC)n(C)c2cc1Cl. The number of imidazole rings is 1. The molecule has 0 saturated carbocycles. The lowest BCUT2D eigenvalue weighted by Crippen LogP contribution is -2.18. The van der Waals surface area contributed by atoms with Crippen LogP contribution in [0.3, 0.4) is 0 Å². The smallest absolute Gasteiger partial charge is 0.374 e. The number of hydrogen-bond acceptors (Lipinski definition) is 4. The molecule has 0 bridgehead atoms. The fourth-order valence-corrected chi connectivity index (χ4v) is 2.04. The Balaban J connectivity index is 2.68. The van der Waals surface area contributed by atoms with Gasteiger partial charge >= 0.3 is 5.97 Å². The van der Waals surface area contributed by atoms with Gasteiger partial charge in [-0.3, -0.25) is 4.79 Å². The van der Waals surface area contributed by atoms with Crippen molar-refractivity contribution in [2.24, 2.45) is 7.05 Å². The molecule has 100 valence electrons. The molecule has 6 nitrogen and oxygen atoms in total. The predicted octanol–water partition coefficient (Wildman–Crippen LogP) is 1.37. The number of nitrogens with zero attached hydrogens (tertiary/aromatic N) is 2. The van der Waals surface area contributed by atoms with Crippen molar-refractivity contribution in [2.75, 3.05) is 14.2 Å². The average Bonchev–Trinajstić information content (AvgIpc) is 2.73. The molecule has 0 aliphatic rings. The van der Waals surface area contributed by atoms with Crippen LogP contribution < -0.4 is 5.32 Å². The number of carbonyl (C=O) groups is 2. The van der Waals surface area contributed by atoms with Crippen LogP contribution in [0.25, 0.3) is 11.0 Å². The molecule has 2 rings (SSSR count). The second-order valence-electron chi connectivity index (χ2n) is 3.89. The standard InChI is InChI=1S/C12H12ClN3O3/c1-14-11(17)6-4-8-9(5-7(6)13)16(2)10(15-8)12(18)19-3/h4-5H,1-3H3,(H,14,17). The molecule has 0 aliphatic carbocycles. The Morgan fingerprint density at radius 1 is 1.42 bits per heavy atom. The fraction of sp³-hybridized carbons (Fsp3) is 0.250. The lowest BCUT2D eigenvalue weighted by Gasteiger charge is -2.03. The Hall–Kier alpha value is -2.08. The van der Waals surface area contributed by atoms with Crippen LogP contribution in [0.1, 0.15) is 21.0 Å². The number of benzene rings is 1. The van der Waals surface area contributed by atoms with Gasteiger partial charge in [-0.25, -0.2) is 9.78 Å². The number of methoxy groups -OCH3 is 1. The van der Waals surface area contributed by atoms with E-state index in [0.717, 1.165) is 0 Å². The highest BCUT2D eigenvalue weighted by molar-refractivity contribution is 6.34. The van der Waals surface area contributed by atoms with Crippen LogP contribution in [0.15, 0.2) is 12.1 Å². The van der Waals surface area contributed by atoms with E-state index >= 15 is 0 Å². The van der Waals surface area contributed by atoms with Crippen LogP contribution in [0.2, 0.25) is 5.02 Å². The van der Waals surface area contributed by atoms with Gasteiger partial charge in [-0.2, -0.15) is 0 Å². The summed E-state index contributed by atoms with van der Waals surface area (Å²) in [7, 11) is 4.48. The Morgan fingerprint density at radius 2 is 2.11 bits per heavy atom. The molecule has 2 aromatic rings. The van der Waals surface area contributed by atoms with E-state index in [9.17, 15) is 9.59 Å². The Bertz CT molecular complexity index is 664. The Labute approximate surface area is 114 Å². The van der Waals surface area contributed by atoms with Gasteiger partial charge in [0, 0.05) is 14.1 Å². The number of esters is 1. The summed E-state index contributed by atoms with van der Waals surface area (Å²) in [6.07, 6.45) is 0. The van der Waals surface area contributed by atoms with E-state index in [1.54, 1.807) is 23.7 Å². The number of carbonyl (C=O) groups excluding carboxylic acids is 2.